The third-order valence-corrected chi connectivity index (χ3v) is 13.6. The Hall–Kier alpha value is -6.20. The third-order valence-electron chi connectivity index (χ3n) is 12.2. The fourth-order valence-corrected chi connectivity index (χ4v) is 9.73. The van der Waals surface area contributed by atoms with Gasteiger partial charge < -0.3 is 76.5 Å². The zero-order chi connectivity index (χ0) is 55.0. The maximum atomic E-state index is 14.6. The van der Waals surface area contributed by atoms with Gasteiger partial charge in [-0.1, -0.05) is 0 Å². The number of aromatic carboxylic acids is 1. The van der Waals surface area contributed by atoms with Gasteiger partial charge in [-0.15, -0.1) is 22.7 Å². The molecule has 0 saturated carbocycles. The first-order valence-corrected chi connectivity index (χ1v) is 26.2. The summed E-state index contributed by atoms with van der Waals surface area (Å²) in [6, 6.07) is 14.7. The van der Waals surface area contributed by atoms with Crippen LogP contribution in [0.2, 0.25) is 0 Å². The topological polar surface area (TPSA) is 309 Å². The third kappa shape index (κ3) is 17.4. The van der Waals surface area contributed by atoms with E-state index in [-0.39, 0.29) is 90.0 Å². The Labute approximate surface area is 484 Å². The molecule has 6 aromatic rings. The van der Waals surface area contributed by atoms with Crippen LogP contribution in [0.4, 0.5) is 19.0 Å². The summed E-state index contributed by atoms with van der Waals surface area (Å²) in [6.45, 7) is 7.91. The van der Waals surface area contributed by atoms with Crippen LogP contribution in [-0.4, -0.2) is 117 Å². The Morgan fingerprint density at radius 1 is 0.658 bits per heavy atom. The van der Waals surface area contributed by atoms with Crippen molar-refractivity contribution in [2.24, 2.45) is 11.5 Å². The summed E-state index contributed by atoms with van der Waals surface area (Å²) >= 11 is 2.68. The van der Waals surface area contributed by atoms with E-state index in [4.69, 9.17) is 45.0 Å². The molecule has 2 aliphatic rings. The number of fused-ring (bicyclic) bond motifs is 2. The van der Waals surface area contributed by atoms with Crippen LogP contribution in [0.5, 0.6) is 34.5 Å². The summed E-state index contributed by atoms with van der Waals surface area (Å²) in [7, 11) is 1.18. The molecule has 0 spiro atoms. The average molecular weight is 1140 g/mol. The molecule has 2 aromatic heterocycles. The Kier molecular flexibility index (Phi) is 24.5. The smallest absolute Gasteiger partial charge is 0.870 e. The van der Waals surface area contributed by atoms with E-state index >= 15 is 0 Å². The number of nitrogens with one attached hydrogen (secondary N) is 4. The maximum Gasteiger partial charge on any atom is 1.00 e. The van der Waals surface area contributed by atoms with Crippen LogP contribution < -0.4 is 81.2 Å². The maximum absolute atomic E-state index is 14.6. The van der Waals surface area contributed by atoms with Crippen molar-refractivity contribution in [1.29, 1.82) is 0 Å². The Bertz CT molecular complexity index is 3000. The van der Waals surface area contributed by atoms with Gasteiger partial charge in [0.15, 0.2) is 33.3 Å². The second kappa shape index (κ2) is 30.4. The molecular weight excluding hydrogens is 1080 g/mol. The number of amides is 2. The molecule has 10 N–H and O–H groups in total. The minimum Gasteiger partial charge on any atom is -0.870 e. The van der Waals surface area contributed by atoms with Crippen LogP contribution in [-0.2, 0) is 47.7 Å². The predicted octanol–water partition coefficient (Wildman–Crippen LogP) is 3.95. The number of nitrogens with two attached hydrogens (primary N) is 2. The van der Waals surface area contributed by atoms with Crippen molar-refractivity contribution in [1.82, 2.24) is 20.6 Å². The first kappa shape index (κ1) is 63.6. The molecule has 4 aromatic carbocycles. The van der Waals surface area contributed by atoms with E-state index in [1.807, 2.05) is 26.0 Å². The van der Waals surface area contributed by atoms with Crippen LogP contribution >= 0.6 is 22.7 Å². The molecule has 418 valence electrons. The quantitative estimate of drug-likeness (QED) is 0.0256. The molecule has 8 rings (SSSR count). The number of aromatic nitrogens is 2. The van der Waals surface area contributed by atoms with Gasteiger partial charge in [0.05, 0.1) is 44.7 Å². The predicted molar refractivity (Wildman–Crippen MR) is 286 cm³/mol. The number of carboxylic acids is 1. The van der Waals surface area contributed by atoms with E-state index in [0.717, 1.165) is 40.5 Å². The molecule has 0 saturated heterocycles. The number of benzene rings is 4. The van der Waals surface area contributed by atoms with Crippen LogP contribution in [0.1, 0.15) is 69.7 Å². The number of anilines is 2. The van der Waals surface area contributed by atoms with E-state index in [1.54, 1.807) is 35.3 Å². The van der Waals surface area contributed by atoms with Crippen molar-refractivity contribution in [2.75, 3.05) is 83.6 Å². The van der Waals surface area contributed by atoms with Crippen molar-refractivity contribution < 1.29 is 101 Å². The molecule has 0 aliphatic carbocycles. The molecule has 2 aliphatic heterocycles. The number of hydrogen-bond acceptors (Lipinski definition) is 20. The molecule has 0 fully saturated rings. The average Bonchev–Trinajstić information content (AvgIpc) is 4.20. The van der Waals surface area contributed by atoms with Gasteiger partial charge in [-0.25, -0.2) is 28.3 Å². The normalized spacial score (nSPS) is 16.0. The number of thiazole rings is 2. The summed E-state index contributed by atoms with van der Waals surface area (Å²) < 4.78 is 68.4. The van der Waals surface area contributed by atoms with Crippen molar-refractivity contribution in [3.8, 4) is 34.5 Å². The van der Waals surface area contributed by atoms with Gasteiger partial charge in [-0.2, -0.15) is 0 Å². The second-order valence-corrected chi connectivity index (χ2v) is 19.6. The SMILES string of the molecule is COC(=O)c1ccc(Oc2cc3c(cc2OCCOCCN)CCN[C@]3(C)CC(=O)Nc2nccs2)cc1F.C[C@]1(CC(=O)Nc2nccs2)NCCc2cc(OCCOCCN)c(Oc3ccc(C(=O)O)c(F)c3)cc21.[Na+].[OH-]. The van der Waals surface area contributed by atoms with Gasteiger partial charge in [-0.05, 0) is 97.5 Å². The number of carbonyl (C=O) groups is 4. The molecule has 0 unspecified atom stereocenters. The number of halogens is 2. The van der Waals surface area contributed by atoms with Gasteiger partial charge in [0, 0.05) is 85.4 Å². The Morgan fingerprint density at radius 3 is 1.48 bits per heavy atom. The first-order valence-electron chi connectivity index (χ1n) is 24.4. The molecule has 21 nitrogen and oxygen atoms in total. The van der Waals surface area contributed by atoms with Crippen LogP contribution in [0.25, 0.3) is 0 Å². The standard InChI is InChI=1S/C27H31FN4O6S.C26H29FN4O6S.Na.H2O/c1-27(16-24(33)32-26-30-8-12-39-26)20-15-23(38-18-3-4-19(21(28)14-18)25(34)35-2)22(13-17(20)5-7-31-27)37-11-10-36-9-6-29;1-26(15-23(32)31-25-29-7-11-38-25)19-14-22(37-17-2-3-18(24(33)34)20(27)13-17)21(12-16(19)4-6-30-26)36-10-9-35-8-5-28;;/h3-4,8,12-15,31H,5-7,9-11,16,29H2,1-2H3,(H,30,32,33);2-3,7,11-14,30H,4-6,8-10,15,28H2,1H3,(H,33,34)(H,29,31,32);;1H2/q;;+1;/p-1/t27-;26-;;/m11../s1. The molecule has 0 radical (unpaired) electrons. The molecule has 2 amide bonds. The molecular formula is C53H61F2N8NaO13S2. The van der Waals surface area contributed by atoms with Gasteiger partial charge >= 0.3 is 41.5 Å². The summed E-state index contributed by atoms with van der Waals surface area (Å²) in [6.07, 6.45) is 4.93. The van der Waals surface area contributed by atoms with Crippen molar-refractivity contribution in [2.45, 2.75) is 50.6 Å². The number of esters is 1. The summed E-state index contributed by atoms with van der Waals surface area (Å²) in [5.41, 5.74) is 12.5. The summed E-state index contributed by atoms with van der Waals surface area (Å²) in [4.78, 5) is 56.9. The molecule has 26 heteroatoms. The number of rotatable bonds is 24. The van der Waals surface area contributed by atoms with E-state index in [1.165, 1.54) is 48.0 Å². The largest absolute Gasteiger partial charge is 1.00 e. The fourth-order valence-electron chi connectivity index (χ4n) is 8.64. The Balaban J connectivity index is 0.000000284. The number of nitrogens with zero attached hydrogens (tertiary/aromatic N) is 2. The first-order chi connectivity index (χ1) is 37.1. The number of ether oxygens (including phenoxy) is 7. The number of hydrogen-bond donors (Lipinski definition) is 7. The zero-order valence-electron chi connectivity index (χ0n) is 44.0. The molecule has 4 heterocycles. The van der Waals surface area contributed by atoms with Crippen LogP contribution in [0.15, 0.2) is 83.8 Å². The zero-order valence-corrected chi connectivity index (χ0v) is 47.6. The minimum absolute atomic E-state index is 0. The van der Waals surface area contributed by atoms with Gasteiger partial charge in [0.1, 0.15) is 36.3 Å². The minimum atomic E-state index is -1.37. The van der Waals surface area contributed by atoms with Crippen LogP contribution in [0.3, 0.4) is 0 Å². The number of carbonyl (C=O) groups excluding carboxylic acids is 3. The van der Waals surface area contributed by atoms with Crippen molar-refractivity contribution in [3.63, 3.8) is 0 Å². The number of methoxy groups -OCH3 is 1. The Morgan fingerprint density at radius 2 is 1.10 bits per heavy atom. The van der Waals surface area contributed by atoms with E-state index in [0.29, 0.717) is 98.7 Å². The van der Waals surface area contributed by atoms with Crippen molar-refractivity contribution >= 4 is 56.7 Å². The number of carboxylic acid groups (broad SMARTS) is 1. The van der Waals surface area contributed by atoms with Crippen molar-refractivity contribution in [3.05, 3.63) is 129 Å². The second-order valence-electron chi connectivity index (χ2n) is 17.8. The summed E-state index contributed by atoms with van der Waals surface area (Å²) in [5, 5.41) is 26.3. The van der Waals surface area contributed by atoms with E-state index < -0.39 is 40.2 Å². The monoisotopic (exact) mass is 1140 g/mol. The van der Waals surface area contributed by atoms with E-state index in [2.05, 4.69) is 36.0 Å². The molecule has 79 heavy (non-hydrogen) atoms. The van der Waals surface area contributed by atoms with Gasteiger partial charge in [-0.3, -0.25) is 9.59 Å². The molecule has 0 bridgehead atoms. The van der Waals surface area contributed by atoms with Gasteiger partial charge in [0.25, 0.3) is 0 Å². The van der Waals surface area contributed by atoms with E-state index in [9.17, 15) is 28.0 Å². The van der Waals surface area contributed by atoms with Crippen LogP contribution in [0, 0.1) is 11.6 Å². The summed E-state index contributed by atoms with van der Waals surface area (Å²) in [5.74, 6) is -2.50. The molecule has 2 atom stereocenters. The fraction of sp³-hybridized carbons (Fsp3) is 0.358. The van der Waals surface area contributed by atoms with Gasteiger partial charge in [0.2, 0.25) is 11.8 Å².